The quantitative estimate of drug-likeness (QED) is 0.330. The predicted octanol–water partition coefficient (Wildman–Crippen LogP) is 5.40. The Labute approximate surface area is 227 Å². The number of sulfonamides is 1. The van der Waals surface area contributed by atoms with Crippen molar-refractivity contribution in [2.45, 2.75) is 43.7 Å². The van der Waals surface area contributed by atoms with Crippen molar-refractivity contribution in [1.29, 1.82) is 0 Å². The lowest BCUT2D eigenvalue weighted by atomic mass is 10.0. The average Bonchev–Trinajstić information content (AvgIpc) is 3.39. The number of halogens is 1. The van der Waals surface area contributed by atoms with Crippen LogP contribution in [0.2, 0.25) is 5.02 Å². The first-order valence-corrected chi connectivity index (χ1v) is 14.8. The van der Waals surface area contributed by atoms with Gasteiger partial charge in [0.25, 0.3) is 0 Å². The minimum Gasteiger partial charge on any atom is -0.497 e. The van der Waals surface area contributed by atoms with E-state index in [1.807, 2.05) is 43.5 Å². The molecule has 37 heavy (non-hydrogen) atoms. The minimum atomic E-state index is -3.91. The van der Waals surface area contributed by atoms with Crippen LogP contribution in [0, 0.1) is 0 Å². The van der Waals surface area contributed by atoms with E-state index in [1.54, 1.807) is 41.5 Å². The average molecular weight is 563 g/mol. The van der Waals surface area contributed by atoms with Crippen molar-refractivity contribution in [2.75, 3.05) is 26.8 Å². The molecule has 0 unspecified atom stereocenters. The molecule has 0 saturated carbocycles. The Balaban J connectivity index is 1.58. The number of hydrogen-bond donors (Lipinski definition) is 0. The van der Waals surface area contributed by atoms with Crippen molar-refractivity contribution in [3.63, 3.8) is 0 Å². The van der Waals surface area contributed by atoms with Gasteiger partial charge in [-0.25, -0.2) is 8.42 Å². The molecule has 1 amide bonds. The molecule has 0 spiro atoms. The van der Waals surface area contributed by atoms with Gasteiger partial charge >= 0.3 is 0 Å². The lowest BCUT2D eigenvalue weighted by molar-refractivity contribution is -0.135. The fraction of sp³-hybridized carbons (Fsp3) is 0.370. The molecule has 0 saturated heterocycles. The molecule has 2 heterocycles. The molecule has 3 aromatic rings. The lowest BCUT2D eigenvalue weighted by Gasteiger charge is -2.37. The number of methoxy groups -OCH3 is 1. The third-order valence-electron chi connectivity index (χ3n) is 6.66. The number of fused-ring (bicyclic) bond motifs is 1. The highest BCUT2D eigenvalue weighted by atomic mass is 35.5. The zero-order chi connectivity index (χ0) is 26.6. The van der Waals surface area contributed by atoms with Gasteiger partial charge in [-0.2, -0.15) is 4.31 Å². The van der Waals surface area contributed by atoms with Crippen LogP contribution in [0.25, 0.3) is 0 Å². The van der Waals surface area contributed by atoms with E-state index in [1.165, 1.54) is 21.3 Å². The van der Waals surface area contributed by atoms with Crippen LogP contribution in [0.1, 0.15) is 36.8 Å². The van der Waals surface area contributed by atoms with E-state index >= 15 is 0 Å². The number of ether oxygens (including phenoxy) is 2. The molecule has 198 valence electrons. The number of carbonyl (C=O) groups is 1. The van der Waals surface area contributed by atoms with Crippen LogP contribution in [0.4, 0.5) is 0 Å². The Hall–Kier alpha value is -2.59. The van der Waals surface area contributed by atoms with E-state index in [9.17, 15) is 13.2 Å². The van der Waals surface area contributed by atoms with Crippen molar-refractivity contribution in [3.05, 3.63) is 75.4 Å². The summed E-state index contributed by atoms with van der Waals surface area (Å²) in [7, 11) is -2.31. The van der Waals surface area contributed by atoms with Gasteiger partial charge in [-0.15, -0.1) is 11.3 Å². The van der Waals surface area contributed by atoms with Crippen molar-refractivity contribution in [2.24, 2.45) is 0 Å². The molecule has 2 aromatic carbocycles. The Bertz CT molecular complexity index is 1330. The second-order valence-corrected chi connectivity index (χ2v) is 12.2. The minimum absolute atomic E-state index is 0.113. The first-order valence-electron chi connectivity index (χ1n) is 12.1. The van der Waals surface area contributed by atoms with Gasteiger partial charge in [0, 0.05) is 28.6 Å². The van der Waals surface area contributed by atoms with Gasteiger partial charge in [0.1, 0.15) is 18.1 Å². The lowest BCUT2D eigenvalue weighted by Crippen LogP contribution is -2.49. The van der Waals surface area contributed by atoms with Gasteiger partial charge in [0.15, 0.2) is 0 Å². The number of thiophene rings is 1. The van der Waals surface area contributed by atoms with Gasteiger partial charge < -0.3 is 14.4 Å². The van der Waals surface area contributed by atoms with Crippen molar-refractivity contribution >= 4 is 38.9 Å². The molecule has 2 atom stereocenters. The molecule has 1 aliphatic rings. The summed E-state index contributed by atoms with van der Waals surface area (Å²) in [5.74, 6) is 1.07. The second-order valence-electron chi connectivity index (χ2n) is 8.90. The number of amides is 1. The van der Waals surface area contributed by atoms with Crippen LogP contribution < -0.4 is 9.47 Å². The Kier molecular flexibility index (Phi) is 8.79. The molecule has 0 fully saturated rings. The first kappa shape index (κ1) is 27.4. The smallest absolute Gasteiger partial charge is 0.243 e. The predicted molar refractivity (Wildman–Crippen MR) is 146 cm³/mol. The summed E-state index contributed by atoms with van der Waals surface area (Å²) in [4.78, 5) is 16.8. The van der Waals surface area contributed by atoms with Crippen molar-refractivity contribution in [3.8, 4) is 11.5 Å². The third kappa shape index (κ3) is 6.12. The SMILES string of the molecule is CC[C@H](C)N(CC(=O)N1CCc2sccc2[C@H]1COc1cccc(OC)c1)S(=O)(=O)c1ccc(Cl)cc1. The number of rotatable bonds is 10. The fourth-order valence-electron chi connectivity index (χ4n) is 4.39. The topological polar surface area (TPSA) is 76.2 Å². The van der Waals surface area contributed by atoms with Crippen LogP contribution in [0.5, 0.6) is 11.5 Å². The van der Waals surface area contributed by atoms with E-state index in [2.05, 4.69) is 0 Å². The molecular weight excluding hydrogens is 532 g/mol. The highest BCUT2D eigenvalue weighted by Crippen LogP contribution is 2.35. The summed E-state index contributed by atoms with van der Waals surface area (Å²) in [6, 6.07) is 14.7. The fourth-order valence-corrected chi connectivity index (χ4v) is 7.10. The third-order valence-corrected chi connectivity index (χ3v) is 9.88. The molecule has 4 rings (SSSR count). The van der Waals surface area contributed by atoms with E-state index in [0.29, 0.717) is 29.5 Å². The highest BCUT2D eigenvalue weighted by molar-refractivity contribution is 7.89. The number of hydrogen-bond acceptors (Lipinski definition) is 6. The van der Waals surface area contributed by atoms with Crippen LogP contribution >= 0.6 is 22.9 Å². The van der Waals surface area contributed by atoms with Gasteiger partial charge in [-0.3, -0.25) is 4.79 Å². The Morgan fingerprint density at radius 1 is 1.19 bits per heavy atom. The summed E-state index contributed by atoms with van der Waals surface area (Å²) in [5.41, 5.74) is 1.04. The van der Waals surface area contributed by atoms with Crippen LogP contribution in [0.15, 0.2) is 64.9 Å². The van der Waals surface area contributed by atoms with Gasteiger partial charge in [-0.05, 0) is 73.2 Å². The first-order chi connectivity index (χ1) is 17.7. The van der Waals surface area contributed by atoms with Gasteiger partial charge in [0.05, 0.1) is 24.6 Å². The van der Waals surface area contributed by atoms with Crippen LogP contribution in [-0.4, -0.2) is 56.4 Å². The normalized spacial score (nSPS) is 16.4. The number of carbonyl (C=O) groups excluding carboxylic acids is 1. The molecule has 7 nitrogen and oxygen atoms in total. The summed E-state index contributed by atoms with van der Waals surface area (Å²) >= 11 is 7.63. The Morgan fingerprint density at radius 3 is 2.62 bits per heavy atom. The molecule has 1 aliphatic heterocycles. The molecule has 0 radical (unpaired) electrons. The maximum absolute atomic E-state index is 13.7. The summed E-state index contributed by atoms with van der Waals surface area (Å²) in [6.45, 7) is 4.21. The van der Waals surface area contributed by atoms with E-state index in [0.717, 1.165) is 12.0 Å². The van der Waals surface area contributed by atoms with Gasteiger partial charge in [-0.1, -0.05) is 24.6 Å². The highest BCUT2D eigenvalue weighted by Gasteiger charge is 2.36. The Morgan fingerprint density at radius 2 is 1.92 bits per heavy atom. The van der Waals surface area contributed by atoms with Crippen LogP contribution in [-0.2, 0) is 21.2 Å². The van der Waals surface area contributed by atoms with E-state index in [4.69, 9.17) is 21.1 Å². The second kappa shape index (κ2) is 11.9. The van der Waals surface area contributed by atoms with Crippen molar-refractivity contribution < 1.29 is 22.7 Å². The van der Waals surface area contributed by atoms with Crippen molar-refractivity contribution in [1.82, 2.24) is 9.21 Å². The summed E-state index contributed by atoms with van der Waals surface area (Å²) in [5, 5.41) is 2.47. The molecule has 0 bridgehead atoms. The molecule has 1 aromatic heterocycles. The summed E-state index contributed by atoms with van der Waals surface area (Å²) in [6.07, 6.45) is 1.29. The summed E-state index contributed by atoms with van der Waals surface area (Å²) < 4.78 is 39.8. The van der Waals surface area contributed by atoms with E-state index in [-0.39, 0.29) is 36.0 Å². The number of nitrogens with zero attached hydrogens (tertiary/aromatic N) is 2. The zero-order valence-corrected chi connectivity index (χ0v) is 23.5. The molecule has 10 heteroatoms. The molecule has 0 aliphatic carbocycles. The zero-order valence-electron chi connectivity index (χ0n) is 21.1. The molecule has 0 N–H and O–H groups in total. The maximum Gasteiger partial charge on any atom is 0.243 e. The molecular formula is C27H31ClN2O5S2. The number of benzene rings is 2. The van der Waals surface area contributed by atoms with Crippen LogP contribution in [0.3, 0.4) is 0 Å². The standard InChI is InChI=1S/C27H31ClN2O5S2/c1-4-19(2)30(37(32,33)23-10-8-20(28)9-11-23)17-27(31)29-14-12-26-24(13-15-36-26)25(29)18-35-22-7-5-6-21(16-22)34-3/h5-11,13,15-16,19,25H,4,12,14,17-18H2,1-3H3/t19-,25+/m0/s1. The van der Waals surface area contributed by atoms with Gasteiger partial charge in [0.2, 0.25) is 15.9 Å². The largest absolute Gasteiger partial charge is 0.497 e. The maximum atomic E-state index is 13.7. The van der Waals surface area contributed by atoms with E-state index < -0.39 is 10.0 Å². The monoisotopic (exact) mass is 562 g/mol.